The summed E-state index contributed by atoms with van der Waals surface area (Å²) in [6, 6.07) is 14.4. The molecule has 0 bridgehead atoms. The third-order valence-corrected chi connectivity index (χ3v) is 4.43. The monoisotopic (exact) mass is 400 g/mol. The summed E-state index contributed by atoms with van der Waals surface area (Å²) in [4.78, 5) is 12.5. The first kappa shape index (κ1) is 20.1. The van der Waals surface area contributed by atoms with E-state index < -0.39 is 0 Å². The predicted octanol–water partition coefficient (Wildman–Crippen LogP) is 3.77. The van der Waals surface area contributed by atoms with Crippen LogP contribution < -0.4 is 20.1 Å². The molecule has 148 valence electrons. The lowest BCUT2D eigenvalue weighted by Crippen LogP contribution is -2.34. The van der Waals surface area contributed by atoms with Crippen LogP contribution in [-0.4, -0.2) is 36.9 Å². The summed E-state index contributed by atoms with van der Waals surface area (Å²) in [6.07, 6.45) is 2.31. The van der Waals surface area contributed by atoms with Gasteiger partial charge in [0.05, 0.1) is 18.3 Å². The molecule has 0 radical (unpaired) electrons. The van der Waals surface area contributed by atoms with Crippen LogP contribution in [0, 0.1) is 0 Å². The average Bonchev–Trinajstić information content (AvgIpc) is 3.22. The molecule has 0 aromatic heterocycles. The average molecular weight is 401 g/mol. The van der Waals surface area contributed by atoms with Gasteiger partial charge in [0, 0.05) is 12.3 Å². The van der Waals surface area contributed by atoms with Crippen molar-refractivity contribution in [1.82, 2.24) is 5.32 Å². The zero-order valence-corrected chi connectivity index (χ0v) is 16.6. The Morgan fingerprint density at radius 2 is 1.96 bits per heavy atom. The molecule has 2 N–H and O–H groups in total. The van der Waals surface area contributed by atoms with Gasteiger partial charge in [-0.3, -0.25) is 10.1 Å². The van der Waals surface area contributed by atoms with Crippen LogP contribution in [0.15, 0.2) is 48.5 Å². The van der Waals surface area contributed by atoms with Crippen LogP contribution in [0.3, 0.4) is 0 Å². The van der Waals surface area contributed by atoms with Gasteiger partial charge < -0.3 is 19.5 Å². The zero-order chi connectivity index (χ0) is 19.8. The number of amides is 1. The highest BCUT2D eigenvalue weighted by atomic mass is 32.1. The Kier molecular flexibility index (Phi) is 7.22. The molecule has 1 fully saturated rings. The fraction of sp³-hybridized carbons (Fsp3) is 0.333. The topological polar surface area (TPSA) is 68.8 Å². The zero-order valence-electron chi connectivity index (χ0n) is 15.8. The molecule has 1 aliphatic rings. The Balaban J connectivity index is 1.51. The molecule has 1 heterocycles. The van der Waals surface area contributed by atoms with Gasteiger partial charge in [-0.1, -0.05) is 12.1 Å². The number of rotatable bonds is 7. The van der Waals surface area contributed by atoms with Crippen molar-refractivity contribution in [3.63, 3.8) is 0 Å². The highest BCUT2D eigenvalue weighted by Gasteiger charge is 2.16. The van der Waals surface area contributed by atoms with Gasteiger partial charge in [0.25, 0.3) is 5.91 Å². The van der Waals surface area contributed by atoms with E-state index in [1.54, 1.807) is 18.2 Å². The highest BCUT2D eigenvalue weighted by molar-refractivity contribution is 7.80. The quantitative estimate of drug-likeness (QED) is 0.690. The molecule has 0 spiro atoms. The van der Waals surface area contributed by atoms with E-state index in [1.807, 2.05) is 37.3 Å². The number of para-hydroxylation sites is 1. The molecule has 28 heavy (non-hydrogen) atoms. The Morgan fingerprint density at radius 1 is 1.18 bits per heavy atom. The molecule has 1 amide bonds. The molecule has 1 saturated heterocycles. The number of carbonyl (C=O) groups is 1. The van der Waals surface area contributed by atoms with Gasteiger partial charge in [-0.2, -0.15) is 0 Å². The summed E-state index contributed by atoms with van der Waals surface area (Å²) in [5.41, 5.74) is 1.19. The van der Waals surface area contributed by atoms with E-state index in [2.05, 4.69) is 10.6 Å². The van der Waals surface area contributed by atoms with Crippen LogP contribution in [-0.2, 0) is 4.74 Å². The van der Waals surface area contributed by atoms with Crippen molar-refractivity contribution in [1.29, 1.82) is 0 Å². The normalized spacial score (nSPS) is 15.7. The number of thiocarbonyl (C=S) groups is 1. The van der Waals surface area contributed by atoms with Gasteiger partial charge in [-0.15, -0.1) is 0 Å². The van der Waals surface area contributed by atoms with E-state index in [9.17, 15) is 4.79 Å². The lowest BCUT2D eigenvalue weighted by Gasteiger charge is -2.13. The van der Waals surface area contributed by atoms with Gasteiger partial charge >= 0.3 is 0 Å². The minimum absolute atomic E-state index is 0.181. The van der Waals surface area contributed by atoms with Gasteiger partial charge in [0.2, 0.25) is 0 Å². The van der Waals surface area contributed by atoms with E-state index in [4.69, 9.17) is 26.4 Å². The molecular weight excluding hydrogens is 376 g/mol. The summed E-state index contributed by atoms with van der Waals surface area (Å²) < 4.78 is 16.8. The lowest BCUT2D eigenvalue weighted by atomic mass is 10.2. The molecule has 1 unspecified atom stereocenters. The van der Waals surface area contributed by atoms with Crippen molar-refractivity contribution in [3.05, 3.63) is 54.1 Å². The number of nitrogens with one attached hydrogen (secondary N) is 2. The van der Waals surface area contributed by atoms with Crippen LogP contribution in [0.2, 0.25) is 0 Å². The van der Waals surface area contributed by atoms with E-state index in [0.29, 0.717) is 24.5 Å². The third-order valence-electron chi connectivity index (χ3n) is 4.23. The molecule has 2 aromatic carbocycles. The minimum atomic E-state index is -0.321. The Labute approximate surface area is 170 Å². The summed E-state index contributed by atoms with van der Waals surface area (Å²) in [5.74, 6) is 0.970. The fourth-order valence-corrected chi connectivity index (χ4v) is 3.08. The molecule has 3 rings (SSSR count). The molecular formula is C21H24N2O4S. The Morgan fingerprint density at radius 3 is 2.68 bits per heavy atom. The highest BCUT2D eigenvalue weighted by Crippen LogP contribution is 2.19. The summed E-state index contributed by atoms with van der Waals surface area (Å²) >= 11 is 5.25. The number of ether oxygens (including phenoxy) is 3. The SMILES string of the molecule is CCOc1ccccc1C(=O)NC(=S)Nc1ccc(OCC2CCCO2)cc1. The summed E-state index contributed by atoms with van der Waals surface area (Å²) in [6.45, 7) is 3.72. The van der Waals surface area contributed by atoms with Crippen LogP contribution in [0.1, 0.15) is 30.1 Å². The molecule has 1 aliphatic heterocycles. The minimum Gasteiger partial charge on any atom is -0.493 e. The smallest absolute Gasteiger partial charge is 0.261 e. The number of hydrogen-bond donors (Lipinski definition) is 2. The fourth-order valence-electron chi connectivity index (χ4n) is 2.87. The Bertz CT molecular complexity index is 804. The molecule has 1 atom stereocenters. The van der Waals surface area contributed by atoms with Gasteiger partial charge in [0.1, 0.15) is 18.1 Å². The second kappa shape index (κ2) is 10.1. The van der Waals surface area contributed by atoms with E-state index in [1.165, 1.54) is 0 Å². The standard InChI is InChI=1S/C21H24N2O4S/c1-2-25-19-8-4-3-7-18(19)20(24)23-21(28)22-15-9-11-16(12-10-15)27-14-17-6-5-13-26-17/h3-4,7-12,17H,2,5-6,13-14H2,1H3,(H2,22,23,24,28). The van der Waals surface area contributed by atoms with Gasteiger partial charge in [-0.25, -0.2) is 0 Å². The summed E-state index contributed by atoms with van der Waals surface area (Å²) in [5, 5.41) is 5.88. The van der Waals surface area contributed by atoms with Crippen molar-refractivity contribution in [2.24, 2.45) is 0 Å². The number of anilines is 1. The first-order valence-electron chi connectivity index (χ1n) is 9.34. The molecule has 6 nitrogen and oxygen atoms in total. The Hall–Kier alpha value is -2.64. The van der Waals surface area contributed by atoms with Crippen molar-refractivity contribution >= 4 is 28.9 Å². The number of carbonyl (C=O) groups excluding carboxylic acids is 1. The van der Waals surface area contributed by atoms with E-state index in [0.717, 1.165) is 30.9 Å². The number of benzene rings is 2. The van der Waals surface area contributed by atoms with Crippen LogP contribution >= 0.6 is 12.2 Å². The van der Waals surface area contributed by atoms with Crippen molar-refractivity contribution in [3.8, 4) is 11.5 Å². The predicted molar refractivity (Wildman–Crippen MR) is 112 cm³/mol. The maximum Gasteiger partial charge on any atom is 0.261 e. The van der Waals surface area contributed by atoms with Crippen LogP contribution in [0.5, 0.6) is 11.5 Å². The third kappa shape index (κ3) is 5.68. The molecule has 0 aliphatic carbocycles. The van der Waals surface area contributed by atoms with E-state index >= 15 is 0 Å². The first-order valence-corrected chi connectivity index (χ1v) is 9.75. The number of hydrogen-bond acceptors (Lipinski definition) is 5. The molecule has 2 aromatic rings. The molecule has 7 heteroatoms. The van der Waals surface area contributed by atoms with Gasteiger partial charge in [-0.05, 0) is 68.4 Å². The first-order chi connectivity index (χ1) is 13.7. The lowest BCUT2D eigenvalue weighted by molar-refractivity contribution is 0.0679. The second-order valence-electron chi connectivity index (χ2n) is 6.31. The van der Waals surface area contributed by atoms with Crippen LogP contribution in [0.25, 0.3) is 0 Å². The van der Waals surface area contributed by atoms with Crippen molar-refractivity contribution < 1.29 is 19.0 Å². The molecule has 0 saturated carbocycles. The summed E-state index contributed by atoms with van der Waals surface area (Å²) in [7, 11) is 0. The van der Waals surface area contributed by atoms with Gasteiger partial charge in [0.15, 0.2) is 5.11 Å². The van der Waals surface area contributed by atoms with E-state index in [-0.39, 0.29) is 17.1 Å². The second-order valence-corrected chi connectivity index (χ2v) is 6.72. The maximum absolute atomic E-state index is 12.5. The van der Waals surface area contributed by atoms with Crippen molar-refractivity contribution in [2.45, 2.75) is 25.9 Å². The maximum atomic E-state index is 12.5. The van der Waals surface area contributed by atoms with Crippen molar-refractivity contribution in [2.75, 3.05) is 25.1 Å². The largest absolute Gasteiger partial charge is 0.493 e. The van der Waals surface area contributed by atoms with Crippen LogP contribution in [0.4, 0.5) is 5.69 Å².